The van der Waals surface area contributed by atoms with Gasteiger partial charge in [-0.15, -0.1) is 0 Å². The van der Waals surface area contributed by atoms with Crippen LogP contribution in [-0.4, -0.2) is 36.0 Å². The van der Waals surface area contributed by atoms with Crippen LogP contribution in [0.4, 0.5) is 0 Å². The van der Waals surface area contributed by atoms with Crippen molar-refractivity contribution < 1.29 is 4.79 Å². The topological polar surface area (TPSA) is 32.3 Å². The number of hydrogen-bond donors (Lipinski definition) is 1. The summed E-state index contributed by atoms with van der Waals surface area (Å²) in [6, 6.07) is 1.41. The lowest BCUT2D eigenvalue weighted by Crippen LogP contribution is -2.47. The summed E-state index contributed by atoms with van der Waals surface area (Å²) < 4.78 is 0. The number of nitrogens with one attached hydrogen (secondary N) is 1. The summed E-state index contributed by atoms with van der Waals surface area (Å²) in [5, 5.41) is 3.85. The number of rotatable bonds is 4. The van der Waals surface area contributed by atoms with Gasteiger partial charge < -0.3 is 10.2 Å². The smallest absolute Gasteiger partial charge is 0.225 e. The Morgan fingerprint density at radius 2 is 1.79 bits per heavy atom. The molecule has 0 aromatic carbocycles. The van der Waals surface area contributed by atoms with Crippen LogP contribution < -0.4 is 5.32 Å². The van der Waals surface area contributed by atoms with E-state index in [9.17, 15) is 4.79 Å². The lowest BCUT2D eigenvalue weighted by Gasteiger charge is -2.34. The number of likely N-dealkylation sites (tertiary alicyclic amines) is 1. The zero-order valence-electron chi connectivity index (χ0n) is 12.2. The Kier molecular flexibility index (Phi) is 4.11. The van der Waals surface area contributed by atoms with Crippen molar-refractivity contribution >= 4 is 5.91 Å². The van der Waals surface area contributed by atoms with E-state index in [1.165, 1.54) is 25.7 Å². The molecule has 3 fully saturated rings. The van der Waals surface area contributed by atoms with Gasteiger partial charge >= 0.3 is 0 Å². The second kappa shape index (κ2) is 5.82. The molecule has 3 heteroatoms. The minimum absolute atomic E-state index is 0.393. The highest BCUT2D eigenvalue weighted by Crippen LogP contribution is 2.32. The van der Waals surface area contributed by atoms with Gasteiger partial charge in [-0.3, -0.25) is 4.79 Å². The first-order valence-corrected chi connectivity index (χ1v) is 8.31. The molecule has 2 saturated carbocycles. The quantitative estimate of drug-likeness (QED) is 0.846. The van der Waals surface area contributed by atoms with Gasteiger partial charge in [-0.1, -0.05) is 13.3 Å². The molecule has 108 valence electrons. The SMILES string of the molecule is CCC1CCC(NC2CCN(C(=O)C3CC3)CC2)C1. The first-order valence-electron chi connectivity index (χ1n) is 8.31. The third-order valence-electron chi connectivity index (χ3n) is 5.32. The number of piperidine rings is 1. The molecule has 0 aromatic rings. The normalized spacial score (nSPS) is 32.8. The molecule has 1 saturated heterocycles. The van der Waals surface area contributed by atoms with Gasteiger partial charge in [0.15, 0.2) is 0 Å². The van der Waals surface area contributed by atoms with Crippen molar-refractivity contribution in [3.05, 3.63) is 0 Å². The van der Waals surface area contributed by atoms with Crippen molar-refractivity contribution in [3.8, 4) is 0 Å². The van der Waals surface area contributed by atoms with Crippen molar-refractivity contribution in [1.29, 1.82) is 0 Å². The van der Waals surface area contributed by atoms with E-state index < -0.39 is 0 Å². The molecule has 1 aliphatic heterocycles. The molecule has 3 nitrogen and oxygen atoms in total. The maximum atomic E-state index is 12.0. The number of carbonyl (C=O) groups excluding carboxylic acids is 1. The van der Waals surface area contributed by atoms with E-state index in [-0.39, 0.29) is 0 Å². The maximum absolute atomic E-state index is 12.0. The van der Waals surface area contributed by atoms with Crippen LogP contribution in [0.2, 0.25) is 0 Å². The lowest BCUT2D eigenvalue weighted by molar-refractivity contribution is -0.133. The Morgan fingerprint density at radius 1 is 1.05 bits per heavy atom. The molecule has 0 radical (unpaired) electrons. The Bertz CT molecular complexity index is 319. The van der Waals surface area contributed by atoms with Gasteiger partial charge in [0.1, 0.15) is 0 Å². The fraction of sp³-hybridized carbons (Fsp3) is 0.938. The molecule has 0 aromatic heterocycles. The highest BCUT2D eigenvalue weighted by molar-refractivity contribution is 5.81. The number of nitrogens with zero attached hydrogens (tertiary/aromatic N) is 1. The van der Waals surface area contributed by atoms with Crippen molar-refractivity contribution in [2.45, 2.75) is 70.4 Å². The zero-order valence-corrected chi connectivity index (χ0v) is 12.2. The van der Waals surface area contributed by atoms with Crippen molar-refractivity contribution in [2.24, 2.45) is 11.8 Å². The summed E-state index contributed by atoms with van der Waals surface area (Å²) in [6.45, 7) is 4.28. The van der Waals surface area contributed by atoms with Crippen LogP contribution in [-0.2, 0) is 4.79 Å². The lowest BCUT2D eigenvalue weighted by atomic mass is 10.0. The molecule has 1 amide bonds. The van der Waals surface area contributed by atoms with Crippen LogP contribution in [0.15, 0.2) is 0 Å². The van der Waals surface area contributed by atoms with Crippen LogP contribution in [0, 0.1) is 11.8 Å². The third-order valence-corrected chi connectivity index (χ3v) is 5.32. The van der Waals surface area contributed by atoms with Gasteiger partial charge in [0.25, 0.3) is 0 Å². The van der Waals surface area contributed by atoms with E-state index in [1.807, 2.05) is 0 Å². The predicted molar refractivity (Wildman–Crippen MR) is 76.9 cm³/mol. The summed E-state index contributed by atoms with van der Waals surface area (Å²) in [5.41, 5.74) is 0. The summed E-state index contributed by atoms with van der Waals surface area (Å²) in [4.78, 5) is 14.1. The second-order valence-electron chi connectivity index (χ2n) is 6.82. The van der Waals surface area contributed by atoms with Gasteiger partial charge in [-0.2, -0.15) is 0 Å². The van der Waals surface area contributed by atoms with Gasteiger partial charge in [-0.05, 0) is 50.9 Å². The molecular weight excluding hydrogens is 236 g/mol. The first-order chi connectivity index (χ1) is 9.26. The molecule has 2 atom stereocenters. The fourth-order valence-corrected chi connectivity index (χ4v) is 3.79. The Hall–Kier alpha value is -0.570. The van der Waals surface area contributed by atoms with Crippen LogP contribution >= 0.6 is 0 Å². The van der Waals surface area contributed by atoms with E-state index >= 15 is 0 Å². The fourth-order valence-electron chi connectivity index (χ4n) is 3.79. The average molecular weight is 264 g/mol. The molecule has 2 unspecified atom stereocenters. The molecular formula is C16H28N2O. The van der Waals surface area contributed by atoms with Crippen LogP contribution in [0.3, 0.4) is 0 Å². The molecule has 1 N–H and O–H groups in total. The molecule has 3 rings (SSSR count). The van der Waals surface area contributed by atoms with Gasteiger partial charge in [0.05, 0.1) is 0 Å². The number of hydrogen-bond acceptors (Lipinski definition) is 2. The molecule has 3 aliphatic rings. The monoisotopic (exact) mass is 264 g/mol. The van der Waals surface area contributed by atoms with Crippen molar-refractivity contribution in [1.82, 2.24) is 10.2 Å². The average Bonchev–Trinajstić information content (AvgIpc) is 3.19. The van der Waals surface area contributed by atoms with E-state index in [0.29, 0.717) is 17.9 Å². The standard InChI is InChI=1S/C16H28N2O/c1-2-12-3-6-15(11-12)17-14-7-9-18(10-8-14)16(19)13-4-5-13/h12-15,17H,2-11H2,1H3. The van der Waals surface area contributed by atoms with Gasteiger partial charge in [0.2, 0.25) is 5.91 Å². The Morgan fingerprint density at radius 3 is 2.37 bits per heavy atom. The summed E-state index contributed by atoms with van der Waals surface area (Å²) in [6.07, 6.45) is 10.1. The summed E-state index contributed by atoms with van der Waals surface area (Å²) in [5.74, 6) is 1.78. The summed E-state index contributed by atoms with van der Waals surface area (Å²) >= 11 is 0. The maximum Gasteiger partial charge on any atom is 0.225 e. The minimum atomic E-state index is 0.393. The van der Waals surface area contributed by atoms with E-state index in [4.69, 9.17) is 0 Å². The van der Waals surface area contributed by atoms with E-state index in [2.05, 4.69) is 17.1 Å². The van der Waals surface area contributed by atoms with E-state index in [1.54, 1.807) is 0 Å². The second-order valence-corrected chi connectivity index (χ2v) is 6.82. The van der Waals surface area contributed by atoms with Crippen LogP contribution in [0.1, 0.15) is 58.3 Å². The highest BCUT2D eigenvalue weighted by Gasteiger charge is 2.35. The van der Waals surface area contributed by atoms with Crippen LogP contribution in [0.5, 0.6) is 0 Å². The van der Waals surface area contributed by atoms with Crippen LogP contribution in [0.25, 0.3) is 0 Å². The Balaban J connectivity index is 1.39. The zero-order chi connectivity index (χ0) is 13.2. The first kappa shape index (κ1) is 13.4. The number of carbonyl (C=O) groups is 1. The third kappa shape index (κ3) is 3.31. The number of amides is 1. The molecule has 1 heterocycles. The largest absolute Gasteiger partial charge is 0.342 e. The predicted octanol–water partition coefficient (Wildman–Crippen LogP) is 2.56. The Labute approximate surface area is 117 Å². The highest BCUT2D eigenvalue weighted by atomic mass is 16.2. The van der Waals surface area contributed by atoms with E-state index in [0.717, 1.165) is 50.7 Å². The molecule has 2 aliphatic carbocycles. The van der Waals surface area contributed by atoms with Crippen molar-refractivity contribution in [3.63, 3.8) is 0 Å². The minimum Gasteiger partial charge on any atom is -0.342 e. The summed E-state index contributed by atoms with van der Waals surface area (Å²) in [7, 11) is 0. The van der Waals surface area contributed by atoms with Gasteiger partial charge in [-0.25, -0.2) is 0 Å². The molecule has 19 heavy (non-hydrogen) atoms. The van der Waals surface area contributed by atoms with Gasteiger partial charge in [0, 0.05) is 31.1 Å². The molecule has 0 spiro atoms. The van der Waals surface area contributed by atoms with Crippen molar-refractivity contribution in [2.75, 3.05) is 13.1 Å². The molecule has 0 bridgehead atoms.